The van der Waals surface area contributed by atoms with Crippen LogP contribution < -0.4 is 5.32 Å². The zero-order chi connectivity index (χ0) is 20.1. The van der Waals surface area contributed by atoms with E-state index >= 15 is 0 Å². The van der Waals surface area contributed by atoms with Gasteiger partial charge in [-0.1, -0.05) is 60.7 Å². The van der Waals surface area contributed by atoms with Gasteiger partial charge in [0.2, 0.25) is 5.91 Å². The summed E-state index contributed by atoms with van der Waals surface area (Å²) >= 11 is 1.68. The Morgan fingerprint density at radius 1 is 1.14 bits per heavy atom. The third-order valence-electron chi connectivity index (χ3n) is 5.47. The van der Waals surface area contributed by atoms with E-state index in [0.717, 1.165) is 31.6 Å². The van der Waals surface area contributed by atoms with Crippen molar-refractivity contribution in [3.05, 3.63) is 89.2 Å². The maximum Gasteiger partial charge on any atom is 0.233 e. The second-order valence-electron chi connectivity index (χ2n) is 7.58. The van der Waals surface area contributed by atoms with Crippen molar-refractivity contribution >= 4 is 17.7 Å². The summed E-state index contributed by atoms with van der Waals surface area (Å²) in [6.45, 7) is 2.77. The summed E-state index contributed by atoms with van der Waals surface area (Å²) in [4.78, 5) is 12.8. The van der Waals surface area contributed by atoms with Crippen LogP contribution in [0.2, 0.25) is 0 Å². The van der Waals surface area contributed by atoms with Gasteiger partial charge in [-0.2, -0.15) is 5.10 Å². The summed E-state index contributed by atoms with van der Waals surface area (Å²) in [5.41, 5.74) is 4.94. The molecule has 1 aromatic heterocycles. The van der Waals surface area contributed by atoms with Crippen molar-refractivity contribution in [2.75, 3.05) is 0 Å². The molecule has 1 aliphatic rings. The summed E-state index contributed by atoms with van der Waals surface area (Å²) < 4.78 is 2.09. The lowest BCUT2D eigenvalue weighted by Gasteiger charge is -2.25. The molecule has 1 N–H and O–H groups in total. The van der Waals surface area contributed by atoms with Crippen LogP contribution in [0.15, 0.2) is 66.9 Å². The number of rotatable bonds is 7. The lowest BCUT2D eigenvalue weighted by atomic mass is 9.92. The molecule has 0 spiro atoms. The van der Waals surface area contributed by atoms with E-state index in [0.29, 0.717) is 0 Å². The van der Waals surface area contributed by atoms with Gasteiger partial charge in [-0.15, -0.1) is 11.8 Å². The number of benzene rings is 2. The largest absolute Gasteiger partial charge is 0.348 e. The van der Waals surface area contributed by atoms with Crippen LogP contribution >= 0.6 is 11.8 Å². The molecule has 1 heterocycles. The standard InChI is InChI=1S/C24H27N3OS/c1-18(29-17-20-11-6-3-7-12-20)24(28)26-22-13-8-14-23-21(22)15-25-27(23)16-19-9-4-2-5-10-19/h2-7,9-12,15,18,22H,8,13-14,16-17H2,1H3,(H,26,28). The summed E-state index contributed by atoms with van der Waals surface area (Å²) in [6, 6.07) is 20.8. The molecule has 0 bridgehead atoms. The molecule has 4 rings (SSSR count). The first-order valence-corrected chi connectivity index (χ1v) is 11.3. The smallest absolute Gasteiger partial charge is 0.233 e. The quantitative estimate of drug-likeness (QED) is 0.617. The molecule has 2 atom stereocenters. The Morgan fingerprint density at radius 3 is 2.55 bits per heavy atom. The van der Waals surface area contributed by atoms with Gasteiger partial charge in [0, 0.05) is 17.0 Å². The Morgan fingerprint density at radius 2 is 1.83 bits per heavy atom. The number of thioether (sulfide) groups is 1. The number of fused-ring (bicyclic) bond motifs is 1. The lowest BCUT2D eigenvalue weighted by molar-refractivity contribution is -0.121. The van der Waals surface area contributed by atoms with E-state index in [9.17, 15) is 4.79 Å². The predicted octanol–water partition coefficient (Wildman–Crippen LogP) is 4.75. The van der Waals surface area contributed by atoms with Gasteiger partial charge >= 0.3 is 0 Å². The van der Waals surface area contributed by atoms with E-state index < -0.39 is 0 Å². The molecule has 0 saturated carbocycles. The first-order valence-electron chi connectivity index (χ1n) is 10.2. The van der Waals surface area contributed by atoms with E-state index in [-0.39, 0.29) is 17.2 Å². The number of nitrogens with one attached hydrogen (secondary N) is 1. The number of carbonyl (C=O) groups is 1. The second-order valence-corrected chi connectivity index (χ2v) is 8.91. The van der Waals surface area contributed by atoms with Crippen LogP contribution in [0.1, 0.15) is 48.2 Å². The van der Waals surface area contributed by atoms with Crippen LogP contribution in [-0.4, -0.2) is 20.9 Å². The summed E-state index contributed by atoms with van der Waals surface area (Å²) in [5, 5.41) is 7.82. The number of amides is 1. The molecule has 4 nitrogen and oxygen atoms in total. The van der Waals surface area contributed by atoms with E-state index in [4.69, 9.17) is 0 Å². The van der Waals surface area contributed by atoms with Crippen LogP contribution in [0, 0.1) is 0 Å². The molecule has 5 heteroatoms. The minimum atomic E-state index is -0.0834. The van der Waals surface area contributed by atoms with Gasteiger partial charge in [-0.05, 0) is 37.3 Å². The van der Waals surface area contributed by atoms with Crippen molar-refractivity contribution < 1.29 is 4.79 Å². The monoisotopic (exact) mass is 405 g/mol. The third kappa shape index (κ3) is 4.91. The molecule has 0 fully saturated rings. The Balaban J connectivity index is 1.38. The highest BCUT2D eigenvalue weighted by Crippen LogP contribution is 2.30. The van der Waals surface area contributed by atoms with Gasteiger partial charge in [0.1, 0.15) is 0 Å². The van der Waals surface area contributed by atoms with Gasteiger partial charge in [0.05, 0.1) is 24.0 Å². The average molecular weight is 406 g/mol. The fourth-order valence-corrected chi connectivity index (χ4v) is 4.68. The second kappa shape index (κ2) is 9.31. The highest BCUT2D eigenvalue weighted by Gasteiger charge is 2.27. The molecule has 150 valence electrons. The Kier molecular flexibility index (Phi) is 6.35. The molecule has 1 aliphatic carbocycles. The van der Waals surface area contributed by atoms with Crippen LogP contribution in [0.25, 0.3) is 0 Å². The van der Waals surface area contributed by atoms with Gasteiger partial charge in [0.15, 0.2) is 0 Å². The number of aromatic nitrogens is 2. The summed E-state index contributed by atoms with van der Waals surface area (Å²) in [6.07, 6.45) is 5.02. The molecule has 0 aliphatic heterocycles. The Labute approximate surface area is 176 Å². The van der Waals surface area contributed by atoms with Crippen molar-refractivity contribution in [1.82, 2.24) is 15.1 Å². The molecular formula is C24H27N3OS. The molecule has 29 heavy (non-hydrogen) atoms. The van der Waals surface area contributed by atoms with Crippen LogP contribution in [-0.2, 0) is 23.5 Å². The maximum atomic E-state index is 12.8. The molecule has 3 aromatic rings. The zero-order valence-corrected chi connectivity index (χ0v) is 17.6. The average Bonchev–Trinajstić information content (AvgIpc) is 3.17. The highest BCUT2D eigenvalue weighted by molar-refractivity contribution is 7.99. The van der Waals surface area contributed by atoms with Crippen LogP contribution in [0.5, 0.6) is 0 Å². The molecule has 2 unspecified atom stereocenters. The van der Waals surface area contributed by atoms with E-state index in [1.165, 1.54) is 22.4 Å². The minimum Gasteiger partial charge on any atom is -0.348 e. The third-order valence-corrected chi connectivity index (χ3v) is 6.68. The van der Waals surface area contributed by atoms with Crippen molar-refractivity contribution in [3.63, 3.8) is 0 Å². The normalized spacial score (nSPS) is 16.8. The van der Waals surface area contributed by atoms with Crippen molar-refractivity contribution in [3.8, 4) is 0 Å². The topological polar surface area (TPSA) is 46.9 Å². The molecule has 1 amide bonds. The minimum absolute atomic E-state index is 0.0653. The molecule has 2 aromatic carbocycles. The SMILES string of the molecule is CC(SCc1ccccc1)C(=O)NC1CCCc2c1cnn2Cc1ccccc1. The fourth-order valence-electron chi connectivity index (χ4n) is 3.82. The van der Waals surface area contributed by atoms with Gasteiger partial charge in [-0.3, -0.25) is 9.48 Å². The first-order chi connectivity index (χ1) is 14.2. The maximum absolute atomic E-state index is 12.8. The fraction of sp³-hybridized carbons (Fsp3) is 0.333. The van der Waals surface area contributed by atoms with E-state index in [1.807, 2.05) is 37.4 Å². The van der Waals surface area contributed by atoms with Gasteiger partial charge in [-0.25, -0.2) is 0 Å². The molecule has 0 radical (unpaired) electrons. The number of hydrogen-bond donors (Lipinski definition) is 1. The highest BCUT2D eigenvalue weighted by atomic mass is 32.2. The Bertz CT molecular complexity index is 939. The van der Waals surface area contributed by atoms with Crippen molar-refractivity contribution in [2.45, 2.75) is 49.8 Å². The van der Waals surface area contributed by atoms with E-state index in [2.05, 4.69) is 51.5 Å². The van der Waals surface area contributed by atoms with Crippen LogP contribution in [0.4, 0.5) is 0 Å². The lowest BCUT2D eigenvalue weighted by Crippen LogP contribution is -2.36. The summed E-state index contributed by atoms with van der Waals surface area (Å²) in [7, 11) is 0. The first kappa shape index (κ1) is 19.8. The van der Waals surface area contributed by atoms with Crippen LogP contribution in [0.3, 0.4) is 0 Å². The number of hydrogen-bond acceptors (Lipinski definition) is 3. The van der Waals surface area contributed by atoms with E-state index in [1.54, 1.807) is 11.8 Å². The van der Waals surface area contributed by atoms with Gasteiger partial charge < -0.3 is 5.32 Å². The van der Waals surface area contributed by atoms with Crippen molar-refractivity contribution in [2.24, 2.45) is 0 Å². The van der Waals surface area contributed by atoms with Gasteiger partial charge in [0.25, 0.3) is 0 Å². The predicted molar refractivity (Wildman–Crippen MR) is 119 cm³/mol. The summed E-state index contributed by atoms with van der Waals surface area (Å²) in [5.74, 6) is 0.958. The number of carbonyl (C=O) groups excluding carboxylic acids is 1. The zero-order valence-electron chi connectivity index (χ0n) is 16.8. The van der Waals surface area contributed by atoms with Crippen molar-refractivity contribution in [1.29, 1.82) is 0 Å². The molecular weight excluding hydrogens is 378 g/mol. The Hall–Kier alpha value is -2.53. The molecule has 0 saturated heterocycles. The number of nitrogens with zero attached hydrogens (tertiary/aromatic N) is 2.